The van der Waals surface area contributed by atoms with Gasteiger partial charge in [-0.3, -0.25) is 5.10 Å². The van der Waals surface area contributed by atoms with E-state index in [0.29, 0.717) is 18.3 Å². The zero-order chi connectivity index (χ0) is 14.3. The van der Waals surface area contributed by atoms with E-state index in [9.17, 15) is 0 Å². The van der Waals surface area contributed by atoms with Crippen LogP contribution in [0.15, 0.2) is 28.7 Å². The highest BCUT2D eigenvalue weighted by Crippen LogP contribution is 2.28. The van der Waals surface area contributed by atoms with E-state index in [-0.39, 0.29) is 0 Å². The van der Waals surface area contributed by atoms with Crippen LogP contribution in [0.4, 0.5) is 5.82 Å². The van der Waals surface area contributed by atoms with Crippen molar-refractivity contribution < 1.29 is 0 Å². The third-order valence-corrected chi connectivity index (χ3v) is 3.77. The first-order chi connectivity index (χ1) is 9.56. The van der Waals surface area contributed by atoms with E-state index in [0.717, 1.165) is 21.2 Å². The molecule has 3 rings (SSSR count). The lowest BCUT2D eigenvalue weighted by molar-refractivity contribution is 0.666. The first-order valence-electron chi connectivity index (χ1n) is 6.51. The lowest BCUT2D eigenvalue weighted by Gasteiger charge is -2.04. The summed E-state index contributed by atoms with van der Waals surface area (Å²) in [5.41, 5.74) is 8.93. The van der Waals surface area contributed by atoms with Gasteiger partial charge >= 0.3 is 0 Å². The molecule has 3 aromatic rings. The SMILES string of the molecule is CC(C)c1nn(Cc2cccc(Br)c2)c2n[nH]c(N)c12. The summed E-state index contributed by atoms with van der Waals surface area (Å²) in [5, 5.41) is 12.7. The van der Waals surface area contributed by atoms with Crippen molar-refractivity contribution in [3.63, 3.8) is 0 Å². The Kier molecular flexibility index (Phi) is 3.25. The molecule has 2 aromatic heterocycles. The van der Waals surface area contributed by atoms with E-state index in [2.05, 4.69) is 57.2 Å². The molecule has 0 unspecified atom stereocenters. The summed E-state index contributed by atoms with van der Waals surface area (Å²) in [7, 11) is 0. The second kappa shape index (κ2) is 4.94. The number of H-pyrrole nitrogens is 1. The van der Waals surface area contributed by atoms with Gasteiger partial charge in [0.1, 0.15) is 5.82 Å². The van der Waals surface area contributed by atoms with Gasteiger partial charge in [0.2, 0.25) is 0 Å². The Morgan fingerprint density at radius 3 is 2.90 bits per heavy atom. The maximum atomic E-state index is 5.97. The number of nitrogens with one attached hydrogen (secondary N) is 1. The lowest BCUT2D eigenvalue weighted by atomic mass is 10.1. The number of nitrogens with two attached hydrogens (primary N) is 1. The van der Waals surface area contributed by atoms with Crippen molar-refractivity contribution in [3.05, 3.63) is 40.0 Å². The minimum Gasteiger partial charge on any atom is -0.383 e. The molecule has 0 fully saturated rings. The van der Waals surface area contributed by atoms with E-state index < -0.39 is 0 Å². The Morgan fingerprint density at radius 1 is 1.40 bits per heavy atom. The first-order valence-corrected chi connectivity index (χ1v) is 7.30. The van der Waals surface area contributed by atoms with Gasteiger partial charge in [0.05, 0.1) is 17.6 Å². The number of benzene rings is 1. The third kappa shape index (κ3) is 2.20. The Labute approximate surface area is 125 Å². The van der Waals surface area contributed by atoms with Crippen LogP contribution in [-0.4, -0.2) is 20.0 Å². The first kappa shape index (κ1) is 13.2. The third-order valence-electron chi connectivity index (χ3n) is 3.27. The van der Waals surface area contributed by atoms with Gasteiger partial charge in [0, 0.05) is 4.47 Å². The van der Waals surface area contributed by atoms with Gasteiger partial charge < -0.3 is 5.73 Å². The molecule has 0 saturated heterocycles. The Bertz CT molecular complexity index is 756. The Hall–Kier alpha value is -1.82. The highest BCUT2D eigenvalue weighted by Gasteiger charge is 2.18. The molecule has 0 amide bonds. The van der Waals surface area contributed by atoms with Gasteiger partial charge in [-0.15, -0.1) is 0 Å². The molecule has 2 heterocycles. The molecule has 0 spiro atoms. The maximum absolute atomic E-state index is 5.97. The van der Waals surface area contributed by atoms with Crippen molar-refractivity contribution >= 4 is 32.8 Å². The van der Waals surface area contributed by atoms with Crippen LogP contribution in [0.3, 0.4) is 0 Å². The van der Waals surface area contributed by atoms with Gasteiger partial charge in [-0.25, -0.2) is 4.68 Å². The molecular formula is C14H16BrN5. The number of nitrogens with zero attached hydrogens (tertiary/aromatic N) is 3. The second-order valence-corrected chi connectivity index (χ2v) is 6.08. The van der Waals surface area contributed by atoms with Crippen molar-refractivity contribution in [2.24, 2.45) is 0 Å². The van der Waals surface area contributed by atoms with Crippen LogP contribution in [0.5, 0.6) is 0 Å². The van der Waals surface area contributed by atoms with Gasteiger partial charge in [-0.1, -0.05) is 41.9 Å². The fraction of sp³-hybridized carbons (Fsp3) is 0.286. The number of fused-ring (bicyclic) bond motifs is 1. The number of hydrogen-bond acceptors (Lipinski definition) is 3. The highest BCUT2D eigenvalue weighted by atomic mass is 79.9. The van der Waals surface area contributed by atoms with Crippen LogP contribution in [0.25, 0.3) is 11.0 Å². The molecule has 6 heteroatoms. The lowest BCUT2D eigenvalue weighted by Crippen LogP contribution is -2.03. The van der Waals surface area contributed by atoms with Crippen molar-refractivity contribution in [3.8, 4) is 0 Å². The molecule has 0 aliphatic carbocycles. The predicted molar refractivity (Wildman–Crippen MR) is 83.6 cm³/mol. The van der Waals surface area contributed by atoms with Crippen molar-refractivity contribution in [1.82, 2.24) is 20.0 Å². The number of nitrogen functional groups attached to an aromatic ring is 1. The summed E-state index contributed by atoms with van der Waals surface area (Å²) >= 11 is 3.49. The fourth-order valence-corrected chi connectivity index (χ4v) is 2.78. The summed E-state index contributed by atoms with van der Waals surface area (Å²) < 4.78 is 2.96. The van der Waals surface area contributed by atoms with Crippen LogP contribution in [0.1, 0.15) is 31.0 Å². The molecular weight excluding hydrogens is 318 g/mol. The normalized spacial score (nSPS) is 11.6. The number of anilines is 1. The highest BCUT2D eigenvalue weighted by molar-refractivity contribution is 9.10. The van der Waals surface area contributed by atoms with Crippen molar-refractivity contribution in [2.75, 3.05) is 5.73 Å². The number of halogens is 1. The standard InChI is InChI=1S/C14H16BrN5/c1-8(2)12-11-13(16)17-18-14(11)20(19-12)7-9-4-3-5-10(15)6-9/h3-6,8H,7H2,1-2H3,(H3,16,17,18). The Balaban J connectivity index is 2.08. The average molecular weight is 334 g/mol. The van der Waals surface area contributed by atoms with E-state index in [1.807, 2.05) is 16.8 Å². The van der Waals surface area contributed by atoms with Crippen LogP contribution < -0.4 is 5.73 Å². The van der Waals surface area contributed by atoms with Gasteiger partial charge in [-0.05, 0) is 23.6 Å². The van der Waals surface area contributed by atoms with Crippen LogP contribution in [0.2, 0.25) is 0 Å². The average Bonchev–Trinajstić information content (AvgIpc) is 2.92. The van der Waals surface area contributed by atoms with Crippen LogP contribution in [0, 0.1) is 0 Å². The monoisotopic (exact) mass is 333 g/mol. The van der Waals surface area contributed by atoms with Crippen LogP contribution >= 0.6 is 15.9 Å². The summed E-state index contributed by atoms with van der Waals surface area (Å²) in [4.78, 5) is 0. The summed E-state index contributed by atoms with van der Waals surface area (Å²) in [6.07, 6.45) is 0. The minimum atomic E-state index is 0.307. The molecule has 0 atom stereocenters. The number of hydrogen-bond donors (Lipinski definition) is 2. The molecule has 20 heavy (non-hydrogen) atoms. The molecule has 0 aliphatic rings. The number of aromatic nitrogens is 4. The van der Waals surface area contributed by atoms with Gasteiger partial charge in [0.25, 0.3) is 0 Å². The zero-order valence-corrected chi connectivity index (χ0v) is 13.0. The number of rotatable bonds is 3. The van der Waals surface area contributed by atoms with Gasteiger partial charge in [-0.2, -0.15) is 10.2 Å². The van der Waals surface area contributed by atoms with E-state index in [1.165, 1.54) is 5.56 Å². The molecule has 0 aliphatic heterocycles. The molecule has 0 saturated carbocycles. The quantitative estimate of drug-likeness (QED) is 0.772. The Morgan fingerprint density at radius 2 is 2.20 bits per heavy atom. The zero-order valence-electron chi connectivity index (χ0n) is 11.4. The summed E-state index contributed by atoms with van der Waals surface area (Å²) in [6.45, 7) is 4.89. The maximum Gasteiger partial charge on any atom is 0.182 e. The van der Waals surface area contributed by atoms with Crippen molar-refractivity contribution in [1.29, 1.82) is 0 Å². The predicted octanol–water partition coefficient (Wildman–Crippen LogP) is 3.28. The van der Waals surface area contributed by atoms with E-state index >= 15 is 0 Å². The molecule has 0 bridgehead atoms. The summed E-state index contributed by atoms with van der Waals surface area (Å²) in [6, 6.07) is 8.18. The molecule has 1 aromatic carbocycles. The fourth-order valence-electron chi connectivity index (χ4n) is 2.33. The van der Waals surface area contributed by atoms with Crippen LogP contribution in [-0.2, 0) is 6.54 Å². The molecule has 5 nitrogen and oxygen atoms in total. The molecule has 0 radical (unpaired) electrons. The smallest absolute Gasteiger partial charge is 0.182 e. The van der Waals surface area contributed by atoms with E-state index in [4.69, 9.17) is 5.73 Å². The van der Waals surface area contributed by atoms with Gasteiger partial charge in [0.15, 0.2) is 5.65 Å². The van der Waals surface area contributed by atoms with E-state index in [1.54, 1.807) is 0 Å². The second-order valence-electron chi connectivity index (χ2n) is 5.16. The largest absolute Gasteiger partial charge is 0.383 e. The molecule has 104 valence electrons. The summed E-state index contributed by atoms with van der Waals surface area (Å²) in [5.74, 6) is 0.894. The number of aromatic amines is 1. The minimum absolute atomic E-state index is 0.307. The van der Waals surface area contributed by atoms with Crippen molar-refractivity contribution in [2.45, 2.75) is 26.3 Å². The topological polar surface area (TPSA) is 72.5 Å². The molecule has 3 N–H and O–H groups in total.